The van der Waals surface area contributed by atoms with Crippen molar-refractivity contribution in [2.24, 2.45) is 0 Å². The van der Waals surface area contributed by atoms with Crippen molar-refractivity contribution in [1.29, 1.82) is 0 Å². The highest BCUT2D eigenvalue weighted by Gasteiger charge is 2.27. The minimum Gasteiger partial charge on any atom is -0.392 e. The number of hydrogen-bond acceptors (Lipinski definition) is 4. The maximum Gasteiger partial charge on any atom is 0.411 e. The van der Waals surface area contributed by atoms with Gasteiger partial charge in [0.25, 0.3) is 0 Å². The van der Waals surface area contributed by atoms with Crippen LogP contribution in [0.3, 0.4) is 0 Å². The van der Waals surface area contributed by atoms with Crippen LogP contribution in [0.2, 0.25) is 0 Å². The maximum absolute atomic E-state index is 11.8. The molecule has 0 aliphatic carbocycles. The van der Waals surface area contributed by atoms with E-state index in [0.29, 0.717) is 11.1 Å². The van der Waals surface area contributed by atoms with Gasteiger partial charge >= 0.3 is 6.18 Å². The number of nitrogens with one attached hydrogen (secondary N) is 1. The first-order valence-electron chi connectivity index (χ1n) is 6.02. The van der Waals surface area contributed by atoms with Crippen molar-refractivity contribution in [3.8, 4) is 0 Å². The Morgan fingerprint density at radius 3 is 2.24 bits per heavy atom. The summed E-state index contributed by atoms with van der Waals surface area (Å²) in [4.78, 5) is 0. The van der Waals surface area contributed by atoms with Crippen molar-refractivity contribution in [1.82, 2.24) is 4.72 Å². The predicted octanol–water partition coefficient (Wildman–Crippen LogP) is 1.18. The van der Waals surface area contributed by atoms with E-state index in [2.05, 4.69) is 9.46 Å². The number of rotatable bonds is 8. The second-order valence-electron chi connectivity index (χ2n) is 4.30. The molecule has 0 spiro atoms. The van der Waals surface area contributed by atoms with E-state index in [1.54, 1.807) is 24.3 Å². The first-order valence-corrected chi connectivity index (χ1v) is 7.67. The summed E-state index contributed by atoms with van der Waals surface area (Å²) in [7, 11) is -3.64. The number of aliphatic hydroxyl groups excluding tert-OH is 1. The third-order valence-corrected chi connectivity index (χ3v) is 3.75. The first-order chi connectivity index (χ1) is 9.72. The van der Waals surface area contributed by atoms with E-state index in [1.165, 1.54) is 0 Å². The van der Waals surface area contributed by atoms with Gasteiger partial charge in [-0.2, -0.15) is 13.2 Å². The molecule has 0 aliphatic rings. The van der Waals surface area contributed by atoms with E-state index < -0.39 is 22.8 Å². The lowest BCUT2D eigenvalue weighted by Gasteiger charge is -2.09. The molecule has 0 radical (unpaired) electrons. The van der Waals surface area contributed by atoms with Gasteiger partial charge in [0.05, 0.1) is 19.0 Å². The van der Waals surface area contributed by atoms with Gasteiger partial charge in [0.1, 0.15) is 6.61 Å². The highest BCUT2D eigenvalue weighted by molar-refractivity contribution is 7.88. The molecule has 0 atom stereocenters. The number of alkyl halides is 3. The molecule has 120 valence electrons. The topological polar surface area (TPSA) is 75.6 Å². The van der Waals surface area contributed by atoms with Crippen LogP contribution in [-0.2, 0) is 27.1 Å². The molecule has 0 unspecified atom stereocenters. The zero-order valence-corrected chi connectivity index (χ0v) is 11.9. The van der Waals surface area contributed by atoms with Crippen molar-refractivity contribution in [3.05, 3.63) is 35.4 Å². The van der Waals surface area contributed by atoms with E-state index >= 15 is 0 Å². The van der Waals surface area contributed by atoms with Crippen LogP contribution < -0.4 is 4.72 Å². The molecule has 0 aliphatic heterocycles. The second kappa shape index (κ2) is 7.74. The quantitative estimate of drug-likeness (QED) is 0.703. The third-order valence-electron chi connectivity index (χ3n) is 2.40. The smallest absolute Gasteiger partial charge is 0.392 e. The van der Waals surface area contributed by atoms with Crippen molar-refractivity contribution in [2.45, 2.75) is 18.5 Å². The molecule has 0 amide bonds. The van der Waals surface area contributed by atoms with Gasteiger partial charge in [0, 0.05) is 6.54 Å². The normalized spacial score (nSPS) is 12.6. The molecule has 2 N–H and O–H groups in total. The van der Waals surface area contributed by atoms with Gasteiger partial charge in [-0.25, -0.2) is 13.1 Å². The number of sulfonamides is 1. The SMILES string of the molecule is O=S(=O)(Cc1ccc(CO)cc1)NCCOCC(F)(F)F. The van der Waals surface area contributed by atoms with Crippen molar-refractivity contribution in [2.75, 3.05) is 19.8 Å². The average molecular weight is 327 g/mol. The lowest BCUT2D eigenvalue weighted by atomic mass is 10.2. The van der Waals surface area contributed by atoms with Gasteiger partial charge in [-0.1, -0.05) is 24.3 Å². The number of aliphatic hydroxyl groups is 1. The number of halogens is 3. The Morgan fingerprint density at radius 2 is 1.71 bits per heavy atom. The molecule has 1 aromatic rings. The van der Waals surface area contributed by atoms with Gasteiger partial charge in [0.2, 0.25) is 10.0 Å². The maximum atomic E-state index is 11.8. The molecule has 0 heterocycles. The first kappa shape index (κ1) is 17.9. The molecular formula is C12H16F3NO4S. The third kappa shape index (κ3) is 8.00. The molecule has 0 fully saturated rings. The Bertz CT molecular complexity index is 528. The summed E-state index contributed by atoms with van der Waals surface area (Å²) < 4.78 is 65.2. The van der Waals surface area contributed by atoms with E-state index in [1.807, 2.05) is 0 Å². The molecule has 21 heavy (non-hydrogen) atoms. The minimum atomic E-state index is -4.42. The van der Waals surface area contributed by atoms with Gasteiger partial charge in [-0.05, 0) is 11.1 Å². The lowest BCUT2D eigenvalue weighted by molar-refractivity contribution is -0.173. The Kier molecular flexibility index (Phi) is 6.59. The summed E-state index contributed by atoms with van der Waals surface area (Å²) in [6.07, 6.45) is -4.42. The molecule has 1 rings (SSSR count). The van der Waals surface area contributed by atoms with Gasteiger partial charge in [-0.15, -0.1) is 0 Å². The fourth-order valence-electron chi connectivity index (χ4n) is 1.47. The molecule has 9 heteroatoms. The lowest BCUT2D eigenvalue weighted by Crippen LogP contribution is -2.30. The number of hydrogen-bond donors (Lipinski definition) is 2. The Balaban J connectivity index is 2.36. The summed E-state index contributed by atoms with van der Waals surface area (Å²) in [6, 6.07) is 6.31. The van der Waals surface area contributed by atoms with Crippen LogP contribution in [0.1, 0.15) is 11.1 Å². The summed E-state index contributed by atoms with van der Waals surface area (Å²) in [5, 5.41) is 8.86. The monoisotopic (exact) mass is 327 g/mol. The molecule has 5 nitrogen and oxygen atoms in total. The van der Waals surface area contributed by atoms with Crippen LogP contribution in [0.25, 0.3) is 0 Å². The predicted molar refractivity (Wildman–Crippen MR) is 69.9 cm³/mol. The van der Waals surface area contributed by atoms with Crippen LogP contribution in [0.4, 0.5) is 13.2 Å². The molecule has 0 saturated carbocycles. The largest absolute Gasteiger partial charge is 0.411 e. The highest BCUT2D eigenvalue weighted by atomic mass is 32.2. The number of ether oxygens (including phenoxy) is 1. The summed E-state index contributed by atoms with van der Waals surface area (Å²) in [5.41, 5.74) is 1.17. The van der Waals surface area contributed by atoms with Crippen molar-refractivity contribution < 1.29 is 31.4 Å². The highest BCUT2D eigenvalue weighted by Crippen LogP contribution is 2.14. The van der Waals surface area contributed by atoms with Crippen molar-refractivity contribution in [3.63, 3.8) is 0 Å². The zero-order chi connectivity index (χ0) is 15.9. The van der Waals surface area contributed by atoms with Crippen molar-refractivity contribution >= 4 is 10.0 Å². The van der Waals surface area contributed by atoms with Crippen LogP contribution >= 0.6 is 0 Å². The van der Waals surface area contributed by atoms with Gasteiger partial charge < -0.3 is 9.84 Å². The molecule has 0 saturated heterocycles. The van der Waals surface area contributed by atoms with E-state index in [-0.39, 0.29) is 25.5 Å². The Morgan fingerprint density at radius 1 is 1.14 bits per heavy atom. The second-order valence-corrected chi connectivity index (χ2v) is 6.10. The summed E-state index contributed by atoms with van der Waals surface area (Å²) in [6.45, 7) is -2.13. The summed E-state index contributed by atoms with van der Waals surface area (Å²) >= 11 is 0. The zero-order valence-electron chi connectivity index (χ0n) is 11.1. The summed E-state index contributed by atoms with van der Waals surface area (Å²) in [5.74, 6) is -0.294. The average Bonchev–Trinajstić information content (AvgIpc) is 2.37. The minimum absolute atomic E-state index is 0.137. The van der Waals surface area contributed by atoms with Gasteiger partial charge in [0.15, 0.2) is 0 Å². The van der Waals surface area contributed by atoms with E-state index in [4.69, 9.17) is 5.11 Å². The number of benzene rings is 1. The van der Waals surface area contributed by atoms with Crippen LogP contribution in [0.5, 0.6) is 0 Å². The van der Waals surface area contributed by atoms with Gasteiger partial charge in [-0.3, -0.25) is 0 Å². The molecule has 0 aromatic heterocycles. The van der Waals surface area contributed by atoms with E-state index in [0.717, 1.165) is 0 Å². The molecule has 0 bridgehead atoms. The Labute approximate surface area is 120 Å². The Hall–Kier alpha value is -1.16. The van der Waals surface area contributed by atoms with Crippen LogP contribution in [0.15, 0.2) is 24.3 Å². The molecular weight excluding hydrogens is 311 g/mol. The fraction of sp³-hybridized carbons (Fsp3) is 0.500. The standard InChI is InChI=1S/C12H16F3NO4S/c13-12(14,15)9-20-6-5-16-21(18,19)8-11-3-1-10(7-17)2-4-11/h1-4,16-17H,5-9H2. The van der Waals surface area contributed by atoms with Crippen LogP contribution in [0, 0.1) is 0 Å². The van der Waals surface area contributed by atoms with E-state index in [9.17, 15) is 21.6 Å². The molecule has 1 aromatic carbocycles. The fourth-order valence-corrected chi connectivity index (χ4v) is 2.60. The van der Waals surface area contributed by atoms with Crippen LogP contribution in [-0.4, -0.2) is 39.5 Å².